The zero-order chi connectivity index (χ0) is 69.2. The van der Waals surface area contributed by atoms with Crippen LogP contribution in [0.4, 0.5) is 28.7 Å². The summed E-state index contributed by atoms with van der Waals surface area (Å²) in [6.45, 7) is -0.106. The lowest BCUT2D eigenvalue weighted by atomic mass is 9.95. The lowest BCUT2D eigenvalue weighted by Crippen LogP contribution is -2.57. The fourth-order valence-electron chi connectivity index (χ4n) is 10.6. The number of aromatic nitrogens is 6. The molecular formula is C63H61ClN16O15S2. The standard InChI is InChI=1S/C63H61ClN16O15S2/c64-23-32-27-80(47-22-48(81)37-3-1-2-4-38(37)52(32)47)60(91)45-20-31-18-35(10-12-41(31)74-45)72-57(88)43-19-30-17-34(9-11-40(30)73-43)70-50(83)15-16-96-97-28-46(62(94)95)77-58(89)44(21-51(84)85)76-56(87)39(65)26-68-49(82)14-13-42(61(92)93)75-55(86)29-5-7-33(8-6-29)67-24-36-25-69-54-53(71-36)59(90)79-63(66)78-54/h1-12,17-20,22,25,32,39,42,44,46,67,73-74,81H,13-16,21,23-24,26-28,65H2,(H,68,82)(H,70,83)(H,72,88)(H,75,86)(H,76,87)(H,77,89)(H,84,85)(H,92,93)(H,94,95)(H3,66,69,78,79,90)/t32-,39+,42-,44+,46+/m1/s1. The molecule has 1 aliphatic heterocycles. The van der Waals surface area contributed by atoms with Crippen LogP contribution in [0.2, 0.25) is 0 Å². The first-order valence-corrected chi connectivity index (χ1v) is 32.7. The van der Waals surface area contributed by atoms with Crippen molar-refractivity contribution in [3.8, 4) is 5.75 Å². The van der Waals surface area contributed by atoms with Gasteiger partial charge < -0.3 is 84.0 Å². The van der Waals surface area contributed by atoms with Crippen LogP contribution >= 0.6 is 33.2 Å². The average molecular weight is 1380 g/mol. The molecule has 31 nitrogen and oxygen atoms in total. The van der Waals surface area contributed by atoms with E-state index < -0.39 is 109 Å². The van der Waals surface area contributed by atoms with E-state index in [1.54, 1.807) is 59.5 Å². The molecule has 5 heterocycles. The molecule has 0 spiro atoms. The van der Waals surface area contributed by atoms with Gasteiger partial charge >= 0.3 is 17.9 Å². The van der Waals surface area contributed by atoms with Crippen molar-refractivity contribution in [3.05, 3.63) is 148 Å². The number of rotatable bonds is 29. The molecule has 0 saturated carbocycles. The van der Waals surface area contributed by atoms with Crippen molar-refractivity contribution < 1.29 is 68.4 Å². The number of benzene rings is 5. The molecule has 502 valence electrons. The van der Waals surface area contributed by atoms with Crippen molar-refractivity contribution in [3.63, 3.8) is 0 Å². The minimum Gasteiger partial charge on any atom is -0.507 e. The van der Waals surface area contributed by atoms with E-state index in [4.69, 9.17) is 23.1 Å². The van der Waals surface area contributed by atoms with Crippen LogP contribution in [0, 0.1) is 0 Å². The van der Waals surface area contributed by atoms with Crippen LogP contribution < -0.4 is 59.1 Å². The van der Waals surface area contributed by atoms with Gasteiger partial charge in [-0.15, -0.1) is 11.6 Å². The molecule has 0 fully saturated rings. The van der Waals surface area contributed by atoms with Gasteiger partial charge in [-0.2, -0.15) is 4.98 Å². The first-order chi connectivity index (χ1) is 46.5. The van der Waals surface area contributed by atoms with E-state index in [1.807, 2.05) is 24.3 Å². The number of nitrogens with zero attached hydrogens (tertiary/aromatic N) is 4. The third kappa shape index (κ3) is 16.8. The minimum atomic E-state index is -1.82. The summed E-state index contributed by atoms with van der Waals surface area (Å²) in [4.78, 5) is 163. The molecule has 0 unspecified atom stereocenters. The fourth-order valence-corrected chi connectivity index (χ4v) is 13.0. The van der Waals surface area contributed by atoms with Crippen LogP contribution in [-0.2, 0) is 40.1 Å². The number of anilines is 5. The molecule has 5 aromatic carbocycles. The first kappa shape index (κ1) is 68.6. The number of carbonyl (C=O) groups excluding carboxylic acids is 7. The number of carboxylic acid groups (broad SMARTS) is 3. The van der Waals surface area contributed by atoms with E-state index in [9.17, 15) is 73.2 Å². The molecule has 4 aromatic heterocycles. The van der Waals surface area contributed by atoms with Crippen molar-refractivity contribution >= 4 is 165 Å². The second-order valence-corrected chi connectivity index (χ2v) is 25.2. The van der Waals surface area contributed by atoms with Crippen LogP contribution in [0.1, 0.15) is 74.2 Å². The van der Waals surface area contributed by atoms with Gasteiger partial charge in [-0.1, -0.05) is 45.9 Å². The van der Waals surface area contributed by atoms with Gasteiger partial charge in [-0.25, -0.2) is 19.6 Å². The predicted molar refractivity (Wildman–Crippen MR) is 362 cm³/mol. The Bertz CT molecular complexity index is 4660. The van der Waals surface area contributed by atoms with Gasteiger partial charge in [0.1, 0.15) is 41.3 Å². The highest BCUT2D eigenvalue weighted by molar-refractivity contribution is 8.76. The number of carboxylic acids is 3. The molecular weight excluding hydrogens is 1320 g/mol. The molecule has 0 radical (unpaired) electrons. The molecule has 0 saturated heterocycles. The third-order valence-electron chi connectivity index (χ3n) is 15.4. The summed E-state index contributed by atoms with van der Waals surface area (Å²) in [6.07, 6.45) is -0.462. The predicted octanol–water partition coefficient (Wildman–Crippen LogP) is 4.31. The SMILES string of the molecule is Nc1nc2ncc(CNc3ccc(C(=O)N[C@H](CCC(=O)NC[C@H](N)C(=O)N[C@@H](CC(=O)O)C(=O)N[C@@H](CSSCCC(=O)Nc4ccc5[nH]c(C(=O)Nc6ccc7[nH]c(C(=O)N8C[C@@H](CCl)c9c8cc(O)c8ccccc98)cc7c6)cc5c4)C(=O)O)C(=O)O)cc3)nc2c(=O)[nH]1. The number of carbonyl (C=O) groups is 10. The number of nitrogens with two attached hydrogens (primary N) is 2. The van der Waals surface area contributed by atoms with Crippen molar-refractivity contribution in [2.75, 3.05) is 57.1 Å². The first-order valence-electron chi connectivity index (χ1n) is 29.7. The van der Waals surface area contributed by atoms with E-state index in [-0.39, 0.29) is 76.3 Å². The van der Waals surface area contributed by atoms with Crippen molar-refractivity contribution in [1.29, 1.82) is 0 Å². The summed E-state index contributed by atoms with van der Waals surface area (Å²) in [5.41, 5.74) is 16.1. The quantitative estimate of drug-likeness (QED) is 0.0176. The summed E-state index contributed by atoms with van der Waals surface area (Å²) in [6, 6.07) is 21.9. The molecule has 0 aliphatic carbocycles. The lowest BCUT2D eigenvalue weighted by Gasteiger charge is -2.22. The normalized spacial score (nSPS) is 13.8. The fraction of sp³-hybridized carbons (Fsp3) is 0.238. The van der Waals surface area contributed by atoms with Gasteiger partial charge in [-0.05, 0) is 90.2 Å². The molecule has 7 amide bonds. The number of halogens is 1. The number of aromatic amines is 3. The Morgan fingerprint density at radius 1 is 0.701 bits per heavy atom. The molecule has 5 atom stereocenters. The number of phenolic OH excluding ortho intramolecular Hbond substituents is 1. The number of amides is 7. The number of fused-ring (bicyclic) bond motifs is 6. The molecule has 1 aliphatic rings. The number of H-pyrrole nitrogens is 3. The number of nitrogens with one attached hydrogen (secondary N) is 10. The smallest absolute Gasteiger partial charge is 0.327 e. The molecule has 97 heavy (non-hydrogen) atoms. The van der Waals surface area contributed by atoms with Gasteiger partial charge in [0.2, 0.25) is 29.6 Å². The maximum absolute atomic E-state index is 14.0. The Hall–Kier alpha value is -11.3. The second kappa shape index (κ2) is 30.4. The minimum absolute atomic E-state index is 0.0104. The molecule has 18 N–H and O–H groups in total. The van der Waals surface area contributed by atoms with E-state index in [1.165, 1.54) is 30.5 Å². The summed E-state index contributed by atoms with van der Waals surface area (Å²) < 4.78 is 0. The topological polar surface area (TPSA) is 494 Å². The number of hydrogen-bond donors (Lipinski definition) is 16. The zero-order valence-electron chi connectivity index (χ0n) is 50.8. The zero-order valence-corrected chi connectivity index (χ0v) is 53.2. The number of hydrogen-bond acceptors (Lipinski definition) is 20. The van der Waals surface area contributed by atoms with Crippen LogP contribution in [0.25, 0.3) is 43.7 Å². The summed E-state index contributed by atoms with van der Waals surface area (Å²) in [7, 11) is 2.11. The van der Waals surface area contributed by atoms with Crippen molar-refractivity contribution in [2.24, 2.45) is 5.73 Å². The summed E-state index contributed by atoms with van der Waals surface area (Å²) in [5.74, 6) is -9.46. The van der Waals surface area contributed by atoms with Gasteiger partial charge in [-0.3, -0.25) is 48.1 Å². The Morgan fingerprint density at radius 2 is 1.36 bits per heavy atom. The monoisotopic (exact) mass is 1380 g/mol. The van der Waals surface area contributed by atoms with Gasteiger partial charge in [0.05, 0.1) is 30.5 Å². The Morgan fingerprint density at radius 3 is 2.05 bits per heavy atom. The number of phenols is 1. The van der Waals surface area contributed by atoms with E-state index in [0.717, 1.165) is 32.5 Å². The van der Waals surface area contributed by atoms with Crippen molar-refractivity contribution in [1.82, 2.24) is 51.2 Å². The largest absolute Gasteiger partial charge is 0.507 e. The highest BCUT2D eigenvalue weighted by atomic mass is 35.5. The molecule has 9 aromatic rings. The maximum atomic E-state index is 14.0. The van der Waals surface area contributed by atoms with Crippen LogP contribution in [0.3, 0.4) is 0 Å². The summed E-state index contributed by atoms with van der Waals surface area (Å²) in [5, 5.41) is 60.7. The van der Waals surface area contributed by atoms with Gasteiger partial charge in [0.15, 0.2) is 11.2 Å². The Kier molecular flexibility index (Phi) is 21.5. The number of nitrogen functional groups attached to an aromatic ring is 1. The molecule has 0 bridgehead atoms. The van der Waals surface area contributed by atoms with Crippen LogP contribution in [0.5, 0.6) is 5.75 Å². The Balaban J connectivity index is 0.627. The number of alkyl halides is 1. The van der Waals surface area contributed by atoms with Gasteiger partial charge in [0.25, 0.3) is 23.3 Å². The second-order valence-electron chi connectivity index (χ2n) is 22.3. The number of aliphatic carboxylic acids is 3. The van der Waals surface area contributed by atoms with E-state index in [0.29, 0.717) is 67.9 Å². The van der Waals surface area contributed by atoms with Crippen LogP contribution in [0.15, 0.2) is 114 Å². The molecule has 10 rings (SSSR count). The maximum Gasteiger partial charge on any atom is 0.327 e. The summed E-state index contributed by atoms with van der Waals surface area (Å²) >= 11 is 6.40. The van der Waals surface area contributed by atoms with E-state index >= 15 is 0 Å². The third-order valence-corrected chi connectivity index (χ3v) is 18.2. The highest BCUT2D eigenvalue weighted by Crippen LogP contribution is 2.46. The van der Waals surface area contributed by atoms with E-state index in [2.05, 4.69) is 67.1 Å². The highest BCUT2D eigenvalue weighted by Gasteiger charge is 2.36. The Labute approximate surface area is 560 Å². The van der Waals surface area contributed by atoms with Crippen LogP contribution in [-0.4, -0.2) is 164 Å². The van der Waals surface area contributed by atoms with Gasteiger partial charge in [0, 0.05) is 105 Å². The number of aromatic hydroxyl groups is 1. The van der Waals surface area contributed by atoms with Crippen molar-refractivity contribution in [2.45, 2.75) is 62.3 Å². The lowest BCUT2D eigenvalue weighted by molar-refractivity contribution is -0.143. The molecule has 34 heteroatoms. The average Bonchev–Trinajstić information content (AvgIpc) is 1.62.